The minimum Gasteiger partial charge on any atom is -0.350 e. The Hall–Kier alpha value is -2.98. The van der Waals surface area contributed by atoms with Gasteiger partial charge in [0.25, 0.3) is 5.91 Å². The van der Waals surface area contributed by atoms with Crippen LogP contribution < -0.4 is 15.4 Å². The molecule has 3 N–H and O–H groups in total. The van der Waals surface area contributed by atoms with Crippen molar-refractivity contribution in [2.75, 3.05) is 26.2 Å². The van der Waals surface area contributed by atoms with E-state index in [9.17, 15) is 18.0 Å². The monoisotopic (exact) mass is 612 g/mol. The Morgan fingerprint density at radius 2 is 1.79 bits per heavy atom. The smallest absolute Gasteiger partial charge is 0.251 e. The van der Waals surface area contributed by atoms with Crippen molar-refractivity contribution in [3.63, 3.8) is 0 Å². The molecule has 1 heterocycles. The Kier molecular flexibility index (Phi) is 11.0. The van der Waals surface area contributed by atoms with Crippen molar-refractivity contribution in [3.8, 4) is 0 Å². The molecule has 42 heavy (non-hydrogen) atoms. The molecular formula is C32H41ClN4O4S. The predicted molar refractivity (Wildman–Crippen MR) is 169 cm³/mol. The van der Waals surface area contributed by atoms with Gasteiger partial charge in [0.1, 0.15) is 0 Å². The number of carbonyl (C=O) groups excluding carboxylic acids is 2. The fourth-order valence-corrected chi connectivity index (χ4v) is 6.20. The molecule has 3 aromatic carbocycles. The third-order valence-corrected chi connectivity index (χ3v) is 10.0. The second kappa shape index (κ2) is 14.5. The summed E-state index contributed by atoms with van der Waals surface area (Å²) in [7, 11) is -3.45. The number of carbonyl (C=O) groups is 2. The van der Waals surface area contributed by atoms with Crippen LogP contribution in [-0.2, 0) is 14.8 Å². The zero-order valence-electron chi connectivity index (χ0n) is 24.5. The maximum Gasteiger partial charge on any atom is 0.251 e. The summed E-state index contributed by atoms with van der Waals surface area (Å²) < 4.78 is 27.3. The number of hydrogen-bond acceptors (Lipinski definition) is 5. The number of amides is 2. The molecule has 0 spiro atoms. The van der Waals surface area contributed by atoms with E-state index in [0.717, 1.165) is 17.2 Å². The Bertz CT molecular complexity index is 1480. The summed E-state index contributed by atoms with van der Waals surface area (Å²) in [4.78, 5) is 28.7. The zero-order chi connectivity index (χ0) is 30.3. The Balaban J connectivity index is 1.45. The molecule has 0 aliphatic carbocycles. The first-order valence-electron chi connectivity index (χ1n) is 14.6. The van der Waals surface area contributed by atoms with E-state index in [4.69, 9.17) is 11.6 Å². The van der Waals surface area contributed by atoms with Crippen molar-refractivity contribution >= 4 is 44.2 Å². The molecule has 0 aromatic heterocycles. The van der Waals surface area contributed by atoms with Gasteiger partial charge in [-0.3, -0.25) is 9.59 Å². The molecule has 4 rings (SSSR count). The summed E-state index contributed by atoms with van der Waals surface area (Å²) in [6, 6.07) is 20.5. The van der Waals surface area contributed by atoms with Gasteiger partial charge in [-0.25, -0.2) is 13.1 Å². The van der Waals surface area contributed by atoms with Gasteiger partial charge in [-0.15, -0.1) is 0 Å². The molecule has 1 fully saturated rings. The number of nitrogens with one attached hydrogen (secondary N) is 3. The lowest BCUT2D eigenvalue weighted by atomic mass is 9.95. The lowest BCUT2D eigenvalue weighted by molar-refractivity contribution is -0.133. The standard InChI is InChI=1S/C32H41ClN4O4S/c1-4-23(24-8-6-5-7-9-24)21-37-17-15-29(36-30(32(37)39)14-16-35-42(40,41)22(2)3)20-34-31(38)27-11-10-26-19-28(33)13-12-25(26)18-27/h5-13,18-19,22-23,29-30,35-36H,4,14-17,20-21H2,1-3H3,(H,34,38)/t23-,29-,30-/m1/s1. The van der Waals surface area contributed by atoms with E-state index >= 15 is 0 Å². The van der Waals surface area contributed by atoms with E-state index in [1.54, 1.807) is 26.0 Å². The number of rotatable bonds is 12. The fourth-order valence-electron chi connectivity index (χ4n) is 5.28. The maximum atomic E-state index is 13.8. The summed E-state index contributed by atoms with van der Waals surface area (Å²) in [5, 5.41) is 8.42. The summed E-state index contributed by atoms with van der Waals surface area (Å²) in [6.45, 7) is 6.97. The van der Waals surface area contributed by atoms with Crippen molar-refractivity contribution < 1.29 is 18.0 Å². The largest absolute Gasteiger partial charge is 0.350 e. The Labute approximate surface area is 254 Å². The number of halogens is 1. The normalized spacial score (nSPS) is 18.7. The van der Waals surface area contributed by atoms with Gasteiger partial charge in [0, 0.05) is 48.7 Å². The summed E-state index contributed by atoms with van der Waals surface area (Å²) in [5.41, 5.74) is 1.73. The molecule has 0 saturated carbocycles. The molecule has 0 radical (unpaired) electrons. The minimum atomic E-state index is -3.45. The van der Waals surface area contributed by atoms with Gasteiger partial charge < -0.3 is 15.5 Å². The van der Waals surface area contributed by atoms with Gasteiger partial charge >= 0.3 is 0 Å². The first-order chi connectivity index (χ1) is 20.1. The average Bonchev–Trinajstić information content (AvgIpc) is 3.12. The van der Waals surface area contributed by atoms with E-state index in [-0.39, 0.29) is 30.3 Å². The Morgan fingerprint density at radius 3 is 2.50 bits per heavy atom. The highest BCUT2D eigenvalue weighted by Gasteiger charge is 2.32. The van der Waals surface area contributed by atoms with E-state index in [2.05, 4.69) is 34.4 Å². The predicted octanol–water partition coefficient (Wildman–Crippen LogP) is 4.69. The van der Waals surface area contributed by atoms with Crippen LogP contribution >= 0.6 is 11.6 Å². The molecule has 3 atom stereocenters. The number of nitrogens with zero attached hydrogens (tertiary/aromatic N) is 1. The molecule has 2 amide bonds. The second-order valence-corrected chi connectivity index (χ2v) is 14.0. The van der Waals surface area contributed by atoms with Gasteiger partial charge in [-0.05, 0) is 73.7 Å². The van der Waals surface area contributed by atoms with Crippen LogP contribution in [0, 0.1) is 0 Å². The third-order valence-electron chi connectivity index (χ3n) is 7.93. The van der Waals surface area contributed by atoms with Crippen LogP contribution in [0.2, 0.25) is 5.02 Å². The first-order valence-corrected chi connectivity index (χ1v) is 16.6. The quantitative estimate of drug-likeness (QED) is 0.275. The molecule has 1 aliphatic heterocycles. The first kappa shape index (κ1) is 31.9. The van der Waals surface area contributed by atoms with Crippen molar-refractivity contribution in [1.82, 2.24) is 20.3 Å². The van der Waals surface area contributed by atoms with Gasteiger partial charge in [0.2, 0.25) is 15.9 Å². The van der Waals surface area contributed by atoms with Gasteiger partial charge in [0.05, 0.1) is 11.3 Å². The molecule has 1 saturated heterocycles. The summed E-state index contributed by atoms with van der Waals surface area (Å²) in [6.07, 6.45) is 1.85. The van der Waals surface area contributed by atoms with E-state index < -0.39 is 21.3 Å². The van der Waals surface area contributed by atoms with Crippen LogP contribution in [0.3, 0.4) is 0 Å². The molecule has 8 nitrogen and oxygen atoms in total. The molecule has 1 aliphatic rings. The fraction of sp³-hybridized carbons (Fsp3) is 0.438. The highest BCUT2D eigenvalue weighted by Crippen LogP contribution is 2.23. The lowest BCUT2D eigenvalue weighted by Gasteiger charge is -2.28. The van der Waals surface area contributed by atoms with Gasteiger partial charge in [-0.1, -0.05) is 61.0 Å². The summed E-state index contributed by atoms with van der Waals surface area (Å²) in [5.74, 6) is -0.0538. The maximum absolute atomic E-state index is 13.8. The third kappa shape index (κ3) is 8.31. The van der Waals surface area contributed by atoms with E-state index in [0.29, 0.717) is 43.1 Å². The molecule has 10 heteroatoms. The number of sulfonamides is 1. The molecular weight excluding hydrogens is 572 g/mol. The zero-order valence-corrected chi connectivity index (χ0v) is 26.0. The lowest BCUT2D eigenvalue weighted by Crippen LogP contribution is -2.50. The molecule has 0 unspecified atom stereocenters. The average molecular weight is 613 g/mol. The van der Waals surface area contributed by atoms with Crippen LogP contribution in [-0.4, -0.2) is 68.6 Å². The minimum absolute atomic E-state index is 0.0462. The van der Waals surface area contributed by atoms with Crippen LogP contribution in [0.15, 0.2) is 66.7 Å². The number of hydrogen-bond donors (Lipinski definition) is 3. The van der Waals surface area contributed by atoms with E-state index in [1.165, 1.54) is 5.56 Å². The van der Waals surface area contributed by atoms with Crippen molar-refractivity contribution in [2.24, 2.45) is 0 Å². The summed E-state index contributed by atoms with van der Waals surface area (Å²) >= 11 is 6.09. The van der Waals surface area contributed by atoms with Gasteiger partial charge in [0.15, 0.2) is 0 Å². The molecule has 226 valence electrons. The van der Waals surface area contributed by atoms with Crippen LogP contribution in [0.4, 0.5) is 0 Å². The molecule has 3 aromatic rings. The number of fused-ring (bicyclic) bond motifs is 1. The highest BCUT2D eigenvalue weighted by molar-refractivity contribution is 7.90. The second-order valence-electron chi connectivity index (χ2n) is 11.2. The van der Waals surface area contributed by atoms with Crippen LogP contribution in [0.5, 0.6) is 0 Å². The molecule has 0 bridgehead atoms. The van der Waals surface area contributed by atoms with Gasteiger partial charge in [-0.2, -0.15) is 0 Å². The van der Waals surface area contributed by atoms with Crippen molar-refractivity contribution in [1.29, 1.82) is 0 Å². The number of benzene rings is 3. The Morgan fingerprint density at radius 1 is 1.07 bits per heavy atom. The van der Waals surface area contributed by atoms with E-state index in [1.807, 2.05) is 47.4 Å². The van der Waals surface area contributed by atoms with Crippen molar-refractivity contribution in [2.45, 2.75) is 63.3 Å². The highest BCUT2D eigenvalue weighted by atomic mass is 35.5. The van der Waals surface area contributed by atoms with Crippen LogP contribution in [0.1, 0.15) is 61.9 Å². The van der Waals surface area contributed by atoms with Crippen LogP contribution in [0.25, 0.3) is 10.8 Å². The topological polar surface area (TPSA) is 108 Å². The van der Waals surface area contributed by atoms with Crippen molar-refractivity contribution in [3.05, 3.63) is 82.9 Å². The SMILES string of the molecule is CC[C@H](CN1CC[C@H](CNC(=O)c2ccc3cc(Cl)ccc3c2)N[C@H](CCNS(=O)(=O)C(C)C)C1=O)c1ccccc1.